The number of halogens is 1. The number of carbonyl (C=O) groups excluding carboxylic acids is 1. The molecule has 1 aromatic carbocycles. The van der Waals surface area contributed by atoms with Crippen molar-refractivity contribution in [2.45, 2.75) is 6.92 Å². The van der Waals surface area contributed by atoms with Crippen LogP contribution < -0.4 is 5.48 Å². The van der Waals surface area contributed by atoms with E-state index < -0.39 is 5.91 Å². The first-order valence-electron chi connectivity index (χ1n) is 3.35. The fraction of sp³-hybridized carbons (Fsp3) is 0.125. The summed E-state index contributed by atoms with van der Waals surface area (Å²) in [6.07, 6.45) is 0. The van der Waals surface area contributed by atoms with Crippen LogP contribution in [0.4, 0.5) is 0 Å². The van der Waals surface area contributed by atoms with Crippen molar-refractivity contribution in [3.05, 3.63) is 34.3 Å². The normalized spacial score (nSPS) is 9.58. The van der Waals surface area contributed by atoms with Gasteiger partial charge in [-0.1, -0.05) is 23.2 Å². The largest absolute Gasteiger partial charge is 0.288 e. The number of amides is 1. The van der Waals surface area contributed by atoms with E-state index >= 15 is 0 Å². The number of hydroxylamine groups is 1. The third kappa shape index (κ3) is 1.75. The van der Waals surface area contributed by atoms with Gasteiger partial charge in [-0.2, -0.15) is 0 Å². The van der Waals surface area contributed by atoms with E-state index in [0.29, 0.717) is 5.02 Å². The van der Waals surface area contributed by atoms with Crippen molar-refractivity contribution in [1.29, 1.82) is 0 Å². The molecule has 4 heteroatoms. The Balaban J connectivity index is 3.13. The molecule has 0 aliphatic rings. The minimum atomic E-state index is -0.594. The highest BCUT2D eigenvalue weighted by atomic mass is 35.5. The van der Waals surface area contributed by atoms with Crippen molar-refractivity contribution in [2.24, 2.45) is 0 Å². The van der Waals surface area contributed by atoms with Gasteiger partial charge >= 0.3 is 0 Å². The lowest BCUT2D eigenvalue weighted by molar-refractivity contribution is 0.0706. The Morgan fingerprint density at radius 3 is 2.83 bits per heavy atom. The van der Waals surface area contributed by atoms with Crippen molar-refractivity contribution in [2.75, 3.05) is 0 Å². The number of benzene rings is 1. The first-order valence-corrected chi connectivity index (χ1v) is 3.73. The first kappa shape index (κ1) is 9.03. The summed E-state index contributed by atoms with van der Waals surface area (Å²) < 4.78 is 0. The van der Waals surface area contributed by atoms with Crippen molar-refractivity contribution >= 4 is 17.5 Å². The second kappa shape index (κ2) is 3.56. The Kier molecular flexibility index (Phi) is 2.68. The van der Waals surface area contributed by atoms with Gasteiger partial charge in [-0.25, -0.2) is 5.48 Å². The highest BCUT2D eigenvalue weighted by Crippen LogP contribution is 2.16. The van der Waals surface area contributed by atoms with Gasteiger partial charge in [-0.3, -0.25) is 10.0 Å². The molecule has 3 nitrogen and oxygen atoms in total. The zero-order chi connectivity index (χ0) is 9.14. The van der Waals surface area contributed by atoms with Gasteiger partial charge in [0.15, 0.2) is 0 Å². The number of rotatable bonds is 1. The van der Waals surface area contributed by atoms with E-state index in [1.807, 2.05) is 6.92 Å². The molecule has 2 N–H and O–H groups in total. The summed E-state index contributed by atoms with van der Waals surface area (Å²) in [6.45, 7) is 1.84. The minimum absolute atomic E-state index is 0.277. The fourth-order valence-electron chi connectivity index (χ4n) is 0.873. The Bertz CT molecular complexity index is 312. The van der Waals surface area contributed by atoms with Crippen LogP contribution in [-0.4, -0.2) is 11.1 Å². The van der Waals surface area contributed by atoms with E-state index in [4.69, 9.17) is 16.8 Å². The number of aryl methyl sites for hydroxylation is 1. The molecule has 1 aromatic rings. The predicted octanol–water partition coefficient (Wildman–Crippen LogP) is 1.77. The molecule has 1 rings (SSSR count). The van der Waals surface area contributed by atoms with Crippen LogP contribution in [0.5, 0.6) is 0 Å². The highest BCUT2D eigenvalue weighted by Gasteiger charge is 2.08. The summed E-state index contributed by atoms with van der Waals surface area (Å²) in [5.74, 6) is -0.594. The summed E-state index contributed by atoms with van der Waals surface area (Å²) in [7, 11) is 0. The molecule has 0 saturated carbocycles. The molecule has 0 heterocycles. The second-order valence-electron chi connectivity index (χ2n) is 2.42. The molecule has 0 aromatic heterocycles. The number of nitrogens with one attached hydrogen (secondary N) is 1. The lowest BCUT2D eigenvalue weighted by Crippen LogP contribution is -2.19. The lowest BCUT2D eigenvalue weighted by Gasteiger charge is -2.02. The maximum absolute atomic E-state index is 10.9. The smallest absolute Gasteiger partial charge is 0.276 e. The average Bonchev–Trinajstić information content (AvgIpc) is 2.08. The second-order valence-corrected chi connectivity index (χ2v) is 2.83. The maximum atomic E-state index is 10.9. The van der Waals surface area contributed by atoms with Crippen LogP contribution in [0.3, 0.4) is 0 Å². The number of carbonyl (C=O) groups is 1. The Morgan fingerprint density at radius 2 is 2.25 bits per heavy atom. The van der Waals surface area contributed by atoms with E-state index in [-0.39, 0.29) is 5.56 Å². The summed E-state index contributed by atoms with van der Waals surface area (Å²) in [5.41, 5.74) is 2.72. The van der Waals surface area contributed by atoms with Crippen LogP contribution in [0.15, 0.2) is 18.2 Å². The maximum Gasteiger partial charge on any atom is 0.276 e. The Hall–Kier alpha value is -1.06. The molecule has 0 aliphatic carbocycles. The quantitative estimate of drug-likeness (QED) is 0.518. The molecule has 0 aliphatic heterocycles. The van der Waals surface area contributed by atoms with Gasteiger partial charge in [0.2, 0.25) is 0 Å². The molecule has 64 valence electrons. The van der Waals surface area contributed by atoms with E-state index in [9.17, 15) is 4.79 Å². The average molecular weight is 186 g/mol. The fourth-order valence-corrected chi connectivity index (χ4v) is 1.08. The van der Waals surface area contributed by atoms with Gasteiger partial charge in [0, 0.05) is 0 Å². The monoisotopic (exact) mass is 185 g/mol. The van der Waals surface area contributed by atoms with Gasteiger partial charge in [0.25, 0.3) is 5.91 Å². The molecule has 0 fully saturated rings. The van der Waals surface area contributed by atoms with Gasteiger partial charge in [-0.05, 0) is 19.1 Å². The molecule has 0 atom stereocenters. The van der Waals surface area contributed by atoms with Crippen LogP contribution in [0.25, 0.3) is 0 Å². The summed E-state index contributed by atoms with van der Waals surface area (Å²) in [5, 5.41) is 8.67. The topological polar surface area (TPSA) is 49.3 Å². The summed E-state index contributed by atoms with van der Waals surface area (Å²) >= 11 is 5.70. The van der Waals surface area contributed by atoms with Crippen LogP contribution in [0, 0.1) is 6.92 Å². The third-order valence-corrected chi connectivity index (χ3v) is 1.80. The Labute approximate surface area is 74.9 Å². The SMILES string of the molecule is Cc1ccc(Cl)c(C(=O)NO)c1. The van der Waals surface area contributed by atoms with Crippen LogP contribution >= 0.6 is 11.6 Å². The van der Waals surface area contributed by atoms with Crippen molar-refractivity contribution < 1.29 is 10.0 Å². The van der Waals surface area contributed by atoms with Gasteiger partial charge in [-0.15, -0.1) is 0 Å². The standard InChI is InChI=1S/C8H8ClNO2/c1-5-2-3-7(9)6(4-5)8(11)10-12/h2-4,12H,1H3,(H,10,11). The summed E-state index contributed by atoms with van der Waals surface area (Å²) in [6, 6.07) is 5.01. The molecule has 0 spiro atoms. The van der Waals surface area contributed by atoms with Crippen molar-refractivity contribution in [3.63, 3.8) is 0 Å². The molecule has 12 heavy (non-hydrogen) atoms. The molecule has 0 radical (unpaired) electrons. The number of hydrogen-bond acceptors (Lipinski definition) is 2. The molecular formula is C8H8ClNO2. The minimum Gasteiger partial charge on any atom is -0.288 e. The van der Waals surface area contributed by atoms with E-state index in [2.05, 4.69) is 0 Å². The van der Waals surface area contributed by atoms with Crippen molar-refractivity contribution in [3.8, 4) is 0 Å². The predicted molar refractivity (Wildman–Crippen MR) is 45.4 cm³/mol. The number of hydrogen-bond donors (Lipinski definition) is 2. The van der Waals surface area contributed by atoms with Gasteiger partial charge < -0.3 is 0 Å². The van der Waals surface area contributed by atoms with Gasteiger partial charge in [0.05, 0.1) is 10.6 Å². The van der Waals surface area contributed by atoms with E-state index in [1.165, 1.54) is 5.48 Å². The van der Waals surface area contributed by atoms with Gasteiger partial charge in [0.1, 0.15) is 0 Å². The zero-order valence-electron chi connectivity index (χ0n) is 6.47. The van der Waals surface area contributed by atoms with Crippen molar-refractivity contribution in [1.82, 2.24) is 5.48 Å². The zero-order valence-corrected chi connectivity index (χ0v) is 7.22. The van der Waals surface area contributed by atoms with Crippen LogP contribution in [-0.2, 0) is 0 Å². The summed E-state index contributed by atoms with van der Waals surface area (Å²) in [4.78, 5) is 10.9. The van der Waals surface area contributed by atoms with E-state index in [1.54, 1.807) is 18.2 Å². The molecule has 1 amide bonds. The lowest BCUT2D eigenvalue weighted by atomic mass is 10.1. The third-order valence-electron chi connectivity index (χ3n) is 1.47. The van der Waals surface area contributed by atoms with Crippen LogP contribution in [0.2, 0.25) is 5.02 Å². The first-order chi connectivity index (χ1) is 5.65. The molecule has 0 saturated heterocycles. The highest BCUT2D eigenvalue weighted by molar-refractivity contribution is 6.33. The van der Waals surface area contributed by atoms with Crippen LogP contribution in [0.1, 0.15) is 15.9 Å². The van der Waals surface area contributed by atoms with E-state index in [0.717, 1.165) is 5.56 Å². The molecule has 0 bridgehead atoms. The Morgan fingerprint density at radius 1 is 1.58 bits per heavy atom. The molecule has 0 unspecified atom stereocenters. The molecular weight excluding hydrogens is 178 g/mol.